The summed E-state index contributed by atoms with van der Waals surface area (Å²) in [6, 6.07) is -0.00938. The Hall–Kier alpha value is -1.47. The lowest BCUT2D eigenvalue weighted by atomic mass is 10.2. The minimum Gasteiger partial charge on any atom is -0.328 e. The molecule has 5 nitrogen and oxygen atoms in total. The maximum absolute atomic E-state index is 12.4. The lowest BCUT2D eigenvalue weighted by Gasteiger charge is -2.21. The number of nitrogens with zero attached hydrogens (tertiary/aromatic N) is 3. The molecule has 3 rings (SSSR count). The van der Waals surface area contributed by atoms with Gasteiger partial charge in [0.1, 0.15) is 5.01 Å². The lowest BCUT2D eigenvalue weighted by molar-refractivity contribution is 0.200. The van der Waals surface area contributed by atoms with Gasteiger partial charge in [-0.25, -0.2) is 14.8 Å². The molecule has 112 valence electrons. The first-order chi connectivity index (χ1) is 10.1. The van der Waals surface area contributed by atoms with Crippen LogP contribution in [0.25, 0.3) is 0 Å². The average Bonchev–Trinajstić information content (AvgIpc) is 2.98. The number of urea groups is 1. The van der Waals surface area contributed by atoms with Gasteiger partial charge in [-0.1, -0.05) is 0 Å². The van der Waals surface area contributed by atoms with Crippen LogP contribution in [0.15, 0.2) is 17.0 Å². The molecule has 0 saturated heterocycles. The molecular formula is C14H18N4OS2. The molecule has 0 bridgehead atoms. The fraction of sp³-hybridized carbons (Fsp3) is 0.500. The number of thiazole rings is 2. The Kier molecular flexibility index (Phi) is 4.21. The highest BCUT2D eigenvalue weighted by Gasteiger charge is 2.35. The summed E-state index contributed by atoms with van der Waals surface area (Å²) < 4.78 is 0. The molecule has 2 aromatic heterocycles. The molecule has 0 aliphatic heterocycles. The maximum atomic E-state index is 12.4. The SMILES string of the molecule is Cc1nc(CN(C)C(=O)N[C@H](c2nccs2)C2CC2)cs1. The van der Waals surface area contributed by atoms with Crippen molar-refractivity contribution in [2.75, 3.05) is 7.05 Å². The lowest BCUT2D eigenvalue weighted by Crippen LogP contribution is -2.39. The third kappa shape index (κ3) is 3.59. The zero-order valence-corrected chi connectivity index (χ0v) is 13.7. The van der Waals surface area contributed by atoms with E-state index in [0.29, 0.717) is 12.5 Å². The molecule has 1 N–H and O–H groups in total. The van der Waals surface area contributed by atoms with E-state index in [-0.39, 0.29) is 12.1 Å². The molecule has 1 aliphatic rings. The predicted molar refractivity (Wildman–Crippen MR) is 84.4 cm³/mol. The van der Waals surface area contributed by atoms with Crippen molar-refractivity contribution < 1.29 is 4.79 Å². The summed E-state index contributed by atoms with van der Waals surface area (Å²) in [5, 5.41) is 9.10. The largest absolute Gasteiger partial charge is 0.328 e. The number of amides is 2. The molecule has 1 aliphatic carbocycles. The number of nitrogens with one attached hydrogen (secondary N) is 1. The van der Waals surface area contributed by atoms with Gasteiger partial charge in [-0.2, -0.15) is 0 Å². The van der Waals surface area contributed by atoms with Crippen molar-refractivity contribution in [1.82, 2.24) is 20.2 Å². The standard InChI is InChI=1S/C14H18N4OS2/c1-9-16-11(8-21-9)7-18(2)14(19)17-12(10-3-4-10)13-15-5-6-20-13/h5-6,8,10,12H,3-4,7H2,1-2H3,(H,17,19)/t12-/m0/s1. The number of rotatable bonds is 5. The topological polar surface area (TPSA) is 58.1 Å². The first-order valence-corrected chi connectivity index (χ1v) is 8.71. The van der Waals surface area contributed by atoms with Crippen LogP contribution in [0, 0.1) is 12.8 Å². The van der Waals surface area contributed by atoms with Gasteiger partial charge in [-0.05, 0) is 25.7 Å². The zero-order valence-electron chi connectivity index (χ0n) is 12.1. The second-order valence-corrected chi connectivity index (χ2v) is 7.34. The van der Waals surface area contributed by atoms with E-state index >= 15 is 0 Å². The van der Waals surface area contributed by atoms with Crippen LogP contribution >= 0.6 is 22.7 Å². The second kappa shape index (κ2) is 6.11. The van der Waals surface area contributed by atoms with E-state index in [0.717, 1.165) is 15.7 Å². The minimum absolute atomic E-state index is 0.0529. The number of aryl methyl sites for hydroxylation is 1. The Morgan fingerprint density at radius 2 is 2.33 bits per heavy atom. The van der Waals surface area contributed by atoms with Crippen LogP contribution in [0.2, 0.25) is 0 Å². The van der Waals surface area contributed by atoms with Gasteiger partial charge >= 0.3 is 6.03 Å². The number of carbonyl (C=O) groups is 1. The van der Waals surface area contributed by atoms with Crippen molar-refractivity contribution >= 4 is 28.7 Å². The number of hydrogen-bond acceptors (Lipinski definition) is 5. The molecule has 0 spiro atoms. The van der Waals surface area contributed by atoms with Gasteiger partial charge in [0.2, 0.25) is 0 Å². The van der Waals surface area contributed by atoms with Crippen molar-refractivity contribution in [3.05, 3.63) is 32.7 Å². The van der Waals surface area contributed by atoms with Gasteiger partial charge in [0.15, 0.2) is 0 Å². The number of carbonyl (C=O) groups excluding carboxylic acids is 1. The minimum atomic E-state index is -0.0623. The van der Waals surface area contributed by atoms with Crippen molar-refractivity contribution in [1.29, 1.82) is 0 Å². The predicted octanol–water partition coefficient (Wildman–Crippen LogP) is 3.20. The Morgan fingerprint density at radius 3 is 2.90 bits per heavy atom. The van der Waals surface area contributed by atoms with Crippen LogP contribution < -0.4 is 5.32 Å². The first kappa shape index (κ1) is 14.5. The summed E-state index contributed by atoms with van der Waals surface area (Å²) >= 11 is 3.21. The van der Waals surface area contributed by atoms with Crippen molar-refractivity contribution in [3.63, 3.8) is 0 Å². The van der Waals surface area contributed by atoms with E-state index in [1.807, 2.05) is 17.7 Å². The summed E-state index contributed by atoms with van der Waals surface area (Å²) in [5.74, 6) is 0.537. The van der Waals surface area contributed by atoms with Crippen LogP contribution in [-0.2, 0) is 6.54 Å². The third-order valence-corrected chi connectivity index (χ3v) is 5.18. The third-order valence-electron chi connectivity index (χ3n) is 3.50. The van der Waals surface area contributed by atoms with Crippen molar-refractivity contribution in [3.8, 4) is 0 Å². The van der Waals surface area contributed by atoms with Gasteiger partial charge in [0, 0.05) is 24.0 Å². The molecule has 2 heterocycles. The highest BCUT2D eigenvalue weighted by molar-refractivity contribution is 7.09. The normalized spacial score (nSPS) is 15.7. The summed E-state index contributed by atoms with van der Waals surface area (Å²) in [6.45, 7) is 2.51. The summed E-state index contributed by atoms with van der Waals surface area (Å²) in [4.78, 5) is 22.8. The molecule has 0 unspecified atom stereocenters. The summed E-state index contributed by atoms with van der Waals surface area (Å²) in [6.07, 6.45) is 4.13. The van der Waals surface area contributed by atoms with Crippen molar-refractivity contribution in [2.45, 2.75) is 32.4 Å². The van der Waals surface area contributed by atoms with Gasteiger partial charge in [-0.3, -0.25) is 0 Å². The molecule has 0 aromatic carbocycles. The smallest absolute Gasteiger partial charge is 0.318 e. The van der Waals surface area contributed by atoms with Gasteiger partial charge in [0.05, 0.1) is 23.3 Å². The fourth-order valence-electron chi connectivity index (χ4n) is 2.24. The Balaban J connectivity index is 1.61. The van der Waals surface area contributed by atoms with Crippen LogP contribution in [0.3, 0.4) is 0 Å². The summed E-state index contributed by atoms with van der Waals surface area (Å²) in [7, 11) is 1.80. The molecule has 1 atom stereocenters. The monoisotopic (exact) mass is 322 g/mol. The zero-order chi connectivity index (χ0) is 14.8. The first-order valence-electron chi connectivity index (χ1n) is 6.95. The van der Waals surface area contributed by atoms with Gasteiger partial charge in [0.25, 0.3) is 0 Å². The van der Waals surface area contributed by atoms with E-state index in [1.165, 1.54) is 12.8 Å². The average molecular weight is 322 g/mol. The molecule has 1 saturated carbocycles. The summed E-state index contributed by atoms with van der Waals surface area (Å²) in [5.41, 5.74) is 0.937. The van der Waals surface area contributed by atoms with Gasteiger partial charge in [-0.15, -0.1) is 22.7 Å². The van der Waals surface area contributed by atoms with Crippen LogP contribution in [0.1, 0.15) is 34.6 Å². The van der Waals surface area contributed by atoms with E-state index < -0.39 is 0 Å². The molecule has 2 aromatic rings. The molecule has 0 radical (unpaired) electrons. The maximum Gasteiger partial charge on any atom is 0.318 e. The van der Waals surface area contributed by atoms with Gasteiger partial charge < -0.3 is 10.2 Å². The quantitative estimate of drug-likeness (QED) is 0.919. The molecule has 21 heavy (non-hydrogen) atoms. The molecule has 7 heteroatoms. The number of hydrogen-bond donors (Lipinski definition) is 1. The van der Waals surface area contributed by atoms with E-state index in [4.69, 9.17) is 0 Å². The van der Waals surface area contributed by atoms with Crippen LogP contribution in [-0.4, -0.2) is 27.9 Å². The second-order valence-electron chi connectivity index (χ2n) is 5.35. The van der Waals surface area contributed by atoms with Crippen molar-refractivity contribution in [2.24, 2.45) is 5.92 Å². The molecule has 2 amide bonds. The van der Waals surface area contributed by atoms with E-state index in [2.05, 4.69) is 15.3 Å². The highest BCUT2D eigenvalue weighted by Crippen LogP contribution is 2.41. The van der Waals surface area contributed by atoms with E-state index in [9.17, 15) is 4.79 Å². The van der Waals surface area contributed by atoms with Crippen LogP contribution in [0.4, 0.5) is 4.79 Å². The number of aromatic nitrogens is 2. The Bertz CT molecular complexity index is 606. The fourth-order valence-corrected chi connectivity index (χ4v) is 3.62. The molecular weight excluding hydrogens is 304 g/mol. The molecule has 1 fully saturated rings. The Morgan fingerprint density at radius 1 is 1.52 bits per heavy atom. The highest BCUT2D eigenvalue weighted by atomic mass is 32.1. The van der Waals surface area contributed by atoms with Crippen LogP contribution in [0.5, 0.6) is 0 Å². The Labute approximate surface area is 132 Å². The van der Waals surface area contributed by atoms with E-state index in [1.54, 1.807) is 40.8 Å².